The van der Waals surface area contributed by atoms with Crippen LogP contribution in [0.2, 0.25) is 0 Å². The van der Waals surface area contributed by atoms with E-state index in [1.54, 1.807) is 0 Å². The first-order chi connectivity index (χ1) is 9.86. The number of carbonyl (C=O) groups is 2. The third-order valence-electron chi connectivity index (χ3n) is 3.06. The quantitative estimate of drug-likeness (QED) is 0.312. The van der Waals surface area contributed by atoms with Crippen molar-refractivity contribution >= 4 is 11.8 Å². The average Bonchev–Trinajstić information content (AvgIpc) is 3.25. The van der Waals surface area contributed by atoms with Crippen LogP contribution in [-0.2, 0) is 9.59 Å². The number of rotatable bonds is 6. The Morgan fingerprint density at radius 1 is 1.38 bits per heavy atom. The predicted octanol–water partition coefficient (Wildman–Crippen LogP) is -0.0691. The molecule has 1 saturated carbocycles. The van der Waals surface area contributed by atoms with Crippen LogP contribution in [0.5, 0.6) is 0 Å². The van der Waals surface area contributed by atoms with Crippen molar-refractivity contribution in [3.63, 3.8) is 0 Å². The maximum atomic E-state index is 11.8. The molecule has 1 rings (SSSR count). The molecule has 0 radical (unpaired) electrons. The smallest absolute Gasteiger partial charge is 0.268 e. The van der Waals surface area contributed by atoms with Gasteiger partial charge in [-0.1, -0.05) is 19.8 Å². The molecule has 1 fully saturated rings. The number of allylic oxidation sites excluding steroid dienone is 2. The van der Waals surface area contributed by atoms with Gasteiger partial charge < -0.3 is 22.1 Å². The lowest BCUT2D eigenvalue weighted by atomic mass is 10.00. The van der Waals surface area contributed by atoms with E-state index in [9.17, 15) is 9.59 Å². The van der Waals surface area contributed by atoms with Gasteiger partial charge in [-0.3, -0.25) is 9.59 Å². The summed E-state index contributed by atoms with van der Waals surface area (Å²) in [6.45, 7) is 3.86. The number of hydrogen-bond donors (Lipinski definition) is 4. The summed E-state index contributed by atoms with van der Waals surface area (Å²) < 4.78 is 0. The average molecular weight is 290 g/mol. The van der Waals surface area contributed by atoms with E-state index in [0.717, 1.165) is 12.8 Å². The molecule has 0 unspecified atom stereocenters. The molecule has 0 aromatic heterocycles. The summed E-state index contributed by atoms with van der Waals surface area (Å²) in [5.74, 6) is 1.96. The molecule has 114 valence electrons. The molecule has 6 N–H and O–H groups in total. The summed E-state index contributed by atoms with van der Waals surface area (Å²) in [7, 11) is 0. The van der Waals surface area contributed by atoms with Crippen LogP contribution in [-0.4, -0.2) is 18.4 Å². The van der Waals surface area contributed by atoms with E-state index in [0.29, 0.717) is 5.57 Å². The van der Waals surface area contributed by atoms with Crippen LogP contribution < -0.4 is 22.1 Å². The van der Waals surface area contributed by atoms with Gasteiger partial charge in [-0.25, -0.2) is 0 Å². The summed E-state index contributed by atoms with van der Waals surface area (Å²) in [6, 6.07) is 0. The molecule has 0 aromatic rings. The molecule has 0 heterocycles. The van der Waals surface area contributed by atoms with Crippen LogP contribution in [0.15, 0.2) is 23.2 Å². The molecular formula is C15H22N4O2. The molecule has 21 heavy (non-hydrogen) atoms. The zero-order chi connectivity index (χ0) is 16.0. The van der Waals surface area contributed by atoms with Gasteiger partial charge in [-0.15, -0.1) is 6.42 Å². The molecule has 6 heteroatoms. The molecule has 0 spiro atoms. The topological polar surface area (TPSA) is 110 Å². The molecule has 0 aliphatic heterocycles. The Labute approximate surface area is 125 Å². The third-order valence-corrected chi connectivity index (χ3v) is 3.06. The molecular weight excluding hydrogens is 268 g/mol. The van der Waals surface area contributed by atoms with Crippen molar-refractivity contribution in [2.45, 2.75) is 26.7 Å². The first kappa shape index (κ1) is 16.6. The lowest BCUT2D eigenvalue weighted by Crippen LogP contribution is -2.32. The highest BCUT2D eigenvalue weighted by Crippen LogP contribution is 2.28. The van der Waals surface area contributed by atoms with Crippen LogP contribution in [0.1, 0.15) is 26.7 Å². The molecule has 1 aliphatic carbocycles. The fourth-order valence-corrected chi connectivity index (χ4v) is 1.71. The fourth-order valence-electron chi connectivity index (χ4n) is 1.71. The lowest BCUT2D eigenvalue weighted by Gasteiger charge is -2.13. The second-order valence-corrected chi connectivity index (χ2v) is 5.27. The first-order valence-corrected chi connectivity index (χ1v) is 6.86. The Morgan fingerprint density at radius 3 is 2.48 bits per heavy atom. The van der Waals surface area contributed by atoms with E-state index < -0.39 is 5.91 Å². The molecule has 0 bridgehead atoms. The zero-order valence-corrected chi connectivity index (χ0v) is 12.4. The second kappa shape index (κ2) is 7.39. The first-order valence-electron chi connectivity index (χ1n) is 6.86. The summed E-state index contributed by atoms with van der Waals surface area (Å²) in [6.07, 6.45) is 8.39. The SMILES string of the molecule is C#CCNC(=O)/C(N)=C(/C=C(\N)NC(=O)C1CC1)C(C)C. The summed E-state index contributed by atoms with van der Waals surface area (Å²) in [5, 5.41) is 5.10. The Hall–Kier alpha value is -2.42. The molecule has 1 aliphatic rings. The summed E-state index contributed by atoms with van der Waals surface area (Å²) in [5.41, 5.74) is 12.2. The Bertz CT molecular complexity index is 522. The van der Waals surface area contributed by atoms with Crippen LogP contribution in [0.3, 0.4) is 0 Å². The molecule has 0 saturated heterocycles. The number of nitrogens with two attached hydrogens (primary N) is 2. The Morgan fingerprint density at radius 2 is 2.00 bits per heavy atom. The van der Waals surface area contributed by atoms with Crippen molar-refractivity contribution in [1.82, 2.24) is 10.6 Å². The van der Waals surface area contributed by atoms with Crippen LogP contribution >= 0.6 is 0 Å². The highest BCUT2D eigenvalue weighted by Gasteiger charge is 2.29. The molecule has 0 aromatic carbocycles. The van der Waals surface area contributed by atoms with Gasteiger partial charge in [-0.05, 0) is 30.4 Å². The number of terminal acetylenes is 1. The van der Waals surface area contributed by atoms with Gasteiger partial charge in [0.15, 0.2) is 0 Å². The van der Waals surface area contributed by atoms with Crippen molar-refractivity contribution in [3.8, 4) is 12.3 Å². The van der Waals surface area contributed by atoms with Gasteiger partial charge in [-0.2, -0.15) is 0 Å². The number of carbonyl (C=O) groups excluding carboxylic acids is 2. The summed E-state index contributed by atoms with van der Waals surface area (Å²) >= 11 is 0. The molecule has 6 nitrogen and oxygen atoms in total. The minimum atomic E-state index is -0.450. The van der Waals surface area contributed by atoms with E-state index in [-0.39, 0.29) is 35.8 Å². The standard InChI is InChI=1S/C15H22N4O2/c1-4-7-18-15(21)13(17)11(9(2)3)8-12(16)19-14(20)10-5-6-10/h1,8-10H,5-7,16-17H2,2-3H3,(H,18,21)(H,19,20)/b12-8+,13-11+. The third kappa shape index (κ3) is 5.22. The van der Waals surface area contributed by atoms with E-state index in [2.05, 4.69) is 16.6 Å². The van der Waals surface area contributed by atoms with E-state index in [1.165, 1.54) is 6.08 Å². The fraction of sp³-hybridized carbons (Fsp3) is 0.467. The minimum absolute atomic E-state index is 0.0297. The highest BCUT2D eigenvalue weighted by molar-refractivity contribution is 5.94. The number of nitrogens with one attached hydrogen (secondary N) is 2. The number of hydrogen-bond acceptors (Lipinski definition) is 4. The van der Waals surface area contributed by atoms with Gasteiger partial charge >= 0.3 is 0 Å². The minimum Gasteiger partial charge on any atom is -0.394 e. The van der Waals surface area contributed by atoms with Crippen molar-refractivity contribution in [1.29, 1.82) is 0 Å². The Balaban J connectivity index is 2.86. The van der Waals surface area contributed by atoms with Gasteiger partial charge in [0, 0.05) is 5.92 Å². The maximum absolute atomic E-state index is 11.8. The second-order valence-electron chi connectivity index (χ2n) is 5.27. The van der Waals surface area contributed by atoms with Crippen LogP contribution in [0.4, 0.5) is 0 Å². The molecule has 2 amide bonds. The number of amides is 2. The van der Waals surface area contributed by atoms with Crippen molar-refractivity contribution in [2.24, 2.45) is 23.3 Å². The van der Waals surface area contributed by atoms with Crippen molar-refractivity contribution in [2.75, 3.05) is 6.54 Å². The van der Waals surface area contributed by atoms with E-state index >= 15 is 0 Å². The highest BCUT2D eigenvalue weighted by atomic mass is 16.2. The van der Waals surface area contributed by atoms with Crippen LogP contribution in [0, 0.1) is 24.2 Å². The zero-order valence-electron chi connectivity index (χ0n) is 12.4. The van der Waals surface area contributed by atoms with Crippen LogP contribution in [0.25, 0.3) is 0 Å². The summed E-state index contributed by atoms with van der Waals surface area (Å²) in [4.78, 5) is 23.5. The van der Waals surface area contributed by atoms with E-state index in [1.807, 2.05) is 13.8 Å². The van der Waals surface area contributed by atoms with Gasteiger partial charge in [0.2, 0.25) is 5.91 Å². The normalized spacial score (nSPS) is 16.0. The largest absolute Gasteiger partial charge is 0.394 e. The maximum Gasteiger partial charge on any atom is 0.268 e. The Kier molecular flexibility index (Phi) is 5.85. The monoisotopic (exact) mass is 290 g/mol. The van der Waals surface area contributed by atoms with Gasteiger partial charge in [0.05, 0.1) is 6.54 Å². The predicted molar refractivity (Wildman–Crippen MR) is 81.0 cm³/mol. The van der Waals surface area contributed by atoms with E-state index in [4.69, 9.17) is 17.9 Å². The van der Waals surface area contributed by atoms with Crippen molar-refractivity contribution in [3.05, 3.63) is 23.2 Å². The lowest BCUT2D eigenvalue weighted by molar-refractivity contribution is -0.121. The van der Waals surface area contributed by atoms with Crippen molar-refractivity contribution < 1.29 is 9.59 Å². The molecule has 0 atom stereocenters. The van der Waals surface area contributed by atoms with Gasteiger partial charge in [0.1, 0.15) is 11.5 Å². The van der Waals surface area contributed by atoms with Gasteiger partial charge in [0.25, 0.3) is 5.91 Å².